The van der Waals surface area contributed by atoms with Crippen molar-refractivity contribution in [1.29, 1.82) is 0 Å². The molecule has 2 aromatic rings. The molecule has 4 heteroatoms. The molecule has 94 valence electrons. The van der Waals surface area contributed by atoms with E-state index >= 15 is 0 Å². The summed E-state index contributed by atoms with van der Waals surface area (Å²) in [5.74, 6) is 0.504. The van der Waals surface area contributed by atoms with Crippen LogP contribution in [0, 0.1) is 0 Å². The van der Waals surface area contributed by atoms with E-state index in [0.717, 1.165) is 5.56 Å². The standard InChI is InChI=1S/C15H11NO3/c16-10-3-1-9(2-4-10)7-14-15(18)12-6-5-11(17)8-13(12)19-14/h1-8,17H,16H2. The number of nitrogens with two attached hydrogens (primary N) is 1. The molecule has 19 heavy (non-hydrogen) atoms. The third-order valence-corrected chi connectivity index (χ3v) is 2.89. The lowest BCUT2D eigenvalue weighted by Gasteiger charge is -1.99. The molecule has 3 rings (SSSR count). The fraction of sp³-hybridized carbons (Fsp3) is 0. The van der Waals surface area contributed by atoms with Gasteiger partial charge in [-0.3, -0.25) is 4.79 Å². The molecular formula is C15H11NO3. The van der Waals surface area contributed by atoms with Crippen LogP contribution in [0.4, 0.5) is 5.69 Å². The Bertz CT molecular complexity index is 687. The smallest absolute Gasteiger partial charge is 0.231 e. The number of carbonyl (C=O) groups excluding carboxylic acids is 1. The van der Waals surface area contributed by atoms with Crippen LogP contribution in [0.15, 0.2) is 48.2 Å². The number of Topliss-reactive ketones (excluding diaryl/α,β-unsaturated/α-hetero) is 1. The van der Waals surface area contributed by atoms with Gasteiger partial charge in [-0.15, -0.1) is 0 Å². The number of hydrogen-bond acceptors (Lipinski definition) is 4. The summed E-state index contributed by atoms with van der Waals surface area (Å²) in [5, 5.41) is 9.36. The topological polar surface area (TPSA) is 72.6 Å². The zero-order valence-electron chi connectivity index (χ0n) is 9.96. The van der Waals surface area contributed by atoms with E-state index in [0.29, 0.717) is 17.0 Å². The minimum atomic E-state index is -0.188. The van der Waals surface area contributed by atoms with Crippen molar-refractivity contribution in [2.75, 3.05) is 5.73 Å². The largest absolute Gasteiger partial charge is 0.508 e. The van der Waals surface area contributed by atoms with Gasteiger partial charge >= 0.3 is 0 Å². The molecule has 0 aliphatic carbocycles. The van der Waals surface area contributed by atoms with Gasteiger partial charge in [0.15, 0.2) is 5.76 Å². The number of benzene rings is 2. The Labute approximate surface area is 109 Å². The van der Waals surface area contributed by atoms with Gasteiger partial charge in [0.25, 0.3) is 0 Å². The van der Waals surface area contributed by atoms with Crippen LogP contribution < -0.4 is 10.5 Å². The van der Waals surface area contributed by atoms with Gasteiger partial charge in [-0.25, -0.2) is 0 Å². The van der Waals surface area contributed by atoms with Crippen molar-refractivity contribution in [3.05, 3.63) is 59.4 Å². The van der Waals surface area contributed by atoms with Crippen molar-refractivity contribution in [3.63, 3.8) is 0 Å². The summed E-state index contributed by atoms with van der Waals surface area (Å²) in [4.78, 5) is 12.1. The van der Waals surface area contributed by atoms with Crippen LogP contribution in [0.5, 0.6) is 11.5 Å². The van der Waals surface area contributed by atoms with E-state index < -0.39 is 0 Å². The summed E-state index contributed by atoms with van der Waals surface area (Å²) in [5.41, 5.74) is 7.55. The van der Waals surface area contributed by atoms with E-state index in [2.05, 4.69) is 0 Å². The maximum Gasteiger partial charge on any atom is 0.231 e. The lowest BCUT2D eigenvalue weighted by atomic mass is 10.1. The quantitative estimate of drug-likeness (QED) is 0.605. The van der Waals surface area contributed by atoms with Crippen molar-refractivity contribution in [2.45, 2.75) is 0 Å². The third kappa shape index (κ3) is 2.04. The van der Waals surface area contributed by atoms with Gasteiger partial charge in [0, 0.05) is 11.8 Å². The SMILES string of the molecule is Nc1ccc(C=C2Oc3cc(O)ccc3C2=O)cc1. The highest BCUT2D eigenvalue weighted by molar-refractivity contribution is 6.14. The number of hydrogen-bond donors (Lipinski definition) is 2. The van der Waals surface area contributed by atoms with Crippen molar-refractivity contribution in [2.24, 2.45) is 0 Å². The van der Waals surface area contributed by atoms with E-state index in [1.807, 2.05) is 0 Å². The first-order valence-corrected chi connectivity index (χ1v) is 5.76. The van der Waals surface area contributed by atoms with Crippen LogP contribution in [-0.4, -0.2) is 10.9 Å². The molecule has 0 saturated heterocycles. The molecule has 0 bridgehead atoms. The Morgan fingerprint density at radius 2 is 1.84 bits per heavy atom. The summed E-state index contributed by atoms with van der Waals surface area (Å²) in [6, 6.07) is 11.6. The first-order chi connectivity index (χ1) is 9.13. The fourth-order valence-electron chi connectivity index (χ4n) is 1.92. The van der Waals surface area contributed by atoms with Crippen LogP contribution in [0.25, 0.3) is 6.08 Å². The number of phenols is 1. The van der Waals surface area contributed by atoms with E-state index in [1.54, 1.807) is 36.4 Å². The van der Waals surface area contributed by atoms with Gasteiger partial charge in [-0.2, -0.15) is 0 Å². The van der Waals surface area contributed by atoms with E-state index in [-0.39, 0.29) is 17.3 Å². The molecule has 0 spiro atoms. The number of allylic oxidation sites excluding steroid dienone is 1. The van der Waals surface area contributed by atoms with Crippen LogP contribution in [0.3, 0.4) is 0 Å². The maximum absolute atomic E-state index is 12.1. The predicted octanol–water partition coefficient (Wildman–Crippen LogP) is 2.59. The van der Waals surface area contributed by atoms with Gasteiger partial charge in [-0.1, -0.05) is 12.1 Å². The second-order valence-corrected chi connectivity index (χ2v) is 4.29. The number of aromatic hydroxyl groups is 1. The summed E-state index contributed by atoms with van der Waals surface area (Å²) in [7, 11) is 0. The van der Waals surface area contributed by atoms with Gasteiger partial charge in [0.2, 0.25) is 5.78 Å². The number of ether oxygens (including phenoxy) is 1. The number of fused-ring (bicyclic) bond motifs is 1. The molecule has 1 aliphatic heterocycles. The molecule has 0 amide bonds. The maximum atomic E-state index is 12.1. The normalized spacial score (nSPS) is 15.4. The van der Waals surface area contributed by atoms with Crippen LogP contribution in [-0.2, 0) is 0 Å². The zero-order valence-corrected chi connectivity index (χ0v) is 9.96. The molecule has 0 atom stereocenters. The highest BCUT2D eigenvalue weighted by atomic mass is 16.5. The van der Waals surface area contributed by atoms with Crippen LogP contribution in [0.2, 0.25) is 0 Å². The zero-order chi connectivity index (χ0) is 13.4. The molecule has 3 N–H and O–H groups in total. The monoisotopic (exact) mass is 253 g/mol. The number of nitrogen functional groups attached to an aromatic ring is 1. The summed E-state index contributed by atoms with van der Waals surface area (Å²) >= 11 is 0. The Kier molecular flexibility index (Phi) is 2.49. The minimum absolute atomic E-state index is 0.0697. The third-order valence-electron chi connectivity index (χ3n) is 2.89. The average Bonchev–Trinajstić information content (AvgIpc) is 2.68. The lowest BCUT2D eigenvalue weighted by Crippen LogP contribution is -1.98. The van der Waals surface area contributed by atoms with Gasteiger partial charge in [-0.05, 0) is 35.9 Å². The molecule has 4 nitrogen and oxygen atoms in total. The average molecular weight is 253 g/mol. The Morgan fingerprint density at radius 1 is 1.11 bits per heavy atom. The number of anilines is 1. The summed E-state index contributed by atoms with van der Waals surface area (Å²) in [6.45, 7) is 0. The number of ketones is 1. The molecular weight excluding hydrogens is 242 g/mol. The highest BCUT2D eigenvalue weighted by Gasteiger charge is 2.27. The molecule has 0 radical (unpaired) electrons. The fourth-order valence-corrected chi connectivity index (χ4v) is 1.92. The molecule has 0 saturated carbocycles. The minimum Gasteiger partial charge on any atom is -0.508 e. The van der Waals surface area contributed by atoms with E-state index in [1.165, 1.54) is 12.1 Å². The lowest BCUT2D eigenvalue weighted by molar-refractivity contribution is 0.101. The van der Waals surface area contributed by atoms with Crippen LogP contribution in [0.1, 0.15) is 15.9 Å². The first kappa shape index (κ1) is 11.3. The Hall–Kier alpha value is -2.75. The Balaban J connectivity index is 1.97. The van der Waals surface area contributed by atoms with E-state index in [9.17, 15) is 9.90 Å². The molecule has 0 aromatic heterocycles. The van der Waals surface area contributed by atoms with Gasteiger partial charge in [0.1, 0.15) is 11.5 Å². The van der Waals surface area contributed by atoms with Crippen molar-refractivity contribution >= 4 is 17.5 Å². The predicted molar refractivity (Wildman–Crippen MR) is 71.9 cm³/mol. The van der Waals surface area contributed by atoms with E-state index in [4.69, 9.17) is 10.5 Å². The molecule has 0 fully saturated rings. The molecule has 0 unspecified atom stereocenters. The molecule has 1 heterocycles. The molecule has 2 aromatic carbocycles. The highest BCUT2D eigenvalue weighted by Crippen LogP contribution is 2.34. The van der Waals surface area contributed by atoms with Gasteiger partial charge < -0.3 is 15.6 Å². The number of rotatable bonds is 1. The second kappa shape index (κ2) is 4.17. The number of phenolic OH excluding ortho intramolecular Hbond substituents is 1. The second-order valence-electron chi connectivity index (χ2n) is 4.29. The van der Waals surface area contributed by atoms with Crippen LogP contribution >= 0.6 is 0 Å². The molecule has 1 aliphatic rings. The summed E-state index contributed by atoms with van der Waals surface area (Å²) in [6.07, 6.45) is 1.65. The Morgan fingerprint density at radius 3 is 2.58 bits per heavy atom. The van der Waals surface area contributed by atoms with Gasteiger partial charge in [0.05, 0.1) is 5.56 Å². The summed E-state index contributed by atoms with van der Waals surface area (Å²) < 4.78 is 5.45. The first-order valence-electron chi connectivity index (χ1n) is 5.76. The van der Waals surface area contributed by atoms with Crippen molar-refractivity contribution in [3.8, 4) is 11.5 Å². The van der Waals surface area contributed by atoms with Crippen molar-refractivity contribution in [1.82, 2.24) is 0 Å². The van der Waals surface area contributed by atoms with Crippen molar-refractivity contribution < 1.29 is 14.6 Å². The number of carbonyl (C=O) groups is 1.